The molecule has 0 unspecified atom stereocenters. The van der Waals surface area contributed by atoms with Crippen molar-refractivity contribution in [1.82, 2.24) is 15.8 Å². The summed E-state index contributed by atoms with van der Waals surface area (Å²) in [7, 11) is 0. The number of aromatic amines is 1. The molecule has 0 fully saturated rings. The van der Waals surface area contributed by atoms with Crippen molar-refractivity contribution in [3.05, 3.63) is 80.6 Å². The molecule has 0 radical (unpaired) electrons. The van der Waals surface area contributed by atoms with Crippen LogP contribution in [0.4, 0.5) is 0 Å². The van der Waals surface area contributed by atoms with Crippen LogP contribution in [0, 0.1) is 0 Å². The maximum Gasteiger partial charge on any atom is 0.275 e. The van der Waals surface area contributed by atoms with Gasteiger partial charge in [-0.25, -0.2) is 0 Å². The van der Waals surface area contributed by atoms with Gasteiger partial charge < -0.3 is 4.98 Å². The van der Waals surface area contributed by atoms with E-state index in [0.717, 1.165) is 5.56 Å². The van der Waals surface area contributed by atoms with Gasteiger partial charge in [0.1, 0.15) is 5.56 Å². The minimum atomic E-state index is -0.720. The zero-order valence-electron chi connectivity index (χ0n) is 15.7. The highest BCUT2D eigenvalue weighted by molar-refractivity contribution is 6.31. The quantitative estimate of drug-likeness (QED) is 0.577. The number of carbonyl (C=O) groups excluding carboxylic acids is 2. The SMILES string of the molecule is CC(C)(C)c1ccc(C(=O)NNC(=O)c2c[nH]c3ccc(Cl)cc3c2=O)cc1. The molecular weight excluding hydrogens is 378 g/mol. The molecule has 0 saturated carbocycles. The Morgan fingerprint density at radius 3 is 2.25 bits per heavy atom. The molecule has 0 bridgehead atoms. The Bertz CT molecular complexity index is 1110. The van der Waals surface area contributed by atoms with Crippen LogP contribution in [0.1, 0.15) is 47.1 Å². The summed E-state index contributed by atoms with van der Waals surface area (Å²) in [5.41, 5.74) is 6.02. The van der Waals surface area contributed by atoms with Crippen molar-refractivity contribution < 1.29 is 9.59 Å². The first-order chi connectivity index (χ1) is 13.2. The number of hydrogen-bond acceptors (Lipinski definition) is 3. The molecule has 7 heteroatoms. The minimum absolute atomic E-state index is 0.0246. The molecule has 6 nitrogen and oxygen atoms in total. The molecule has 0 atom stereocenters. The topological polar surface area (TPSA) is 91.1 Å². The second kappa shape index (κ2) is 7.48. The average molecular weight is 398 g/mol. The molecule has 0 aliphatic rings. The number of benzene rings is 2. The zero-order valence-corrected chi connectivity index (χ0v) is 16.5. The Hall–Kier alpha value is -3.12. The van der Waals surface area contributed by atoms with Gasteiger partial charge in [0.2, 0.25) is 5.43 Å². The highest BCUT2D eigenvalue weighted by Crippen LogP contribution is 2.22. The molecule has 28 heavy (non-hydrogen) atoms. The lowest BCUT2D eigenvalue weighted by Gasteiger charge is -2.19. The molecule has 0 spiro atoms. The fourth-order valence-corrected chi connectivity index (χ4v) is 2.91. The number of pyridine rings is 1. The fraction of sp³-hybridized carbons (Fsp3) is 0.190. The Kier molecular flexibility index (Phi) is 5.25. The van der Waals surface area contributed by atoms with E-state index < -0.39 is 17.2 Å². The second-order valence-electron chi connectivity index (χ2n) is 7.46. The number of hydrazine groups is 1. The number of fused-ring (bicyclic) bond motifs is 1. The third-order valence-corrected chi connectivity index (χ3v) is 4.63. The number of aromatic nitrogens is 1. The first kappa shape index (κ1) is 19.6. The molecular formula is C21H20ClN3O3. The standard InChI is InChI=1S/C21H20ClN3O3/c1-21(2,3)13-6-4-12(5-7-13)19(27)24-25-20(28)16-11-23-17-9-8-14(22)10-15(17)18(16)26/h4-11H,1-3H3,(H,23,26)(H,24,27)(H,25,28). The van der Waals surface area contributed by atoms with Gasteiger partial charge in [-0.05, 0) is 41.3 Å². The summed E-state index contributed by atoms with van der Waals surface area (Å²) in [5.74, 6) is -1.20. The highest BCUT2D eigenvalue weighted by Gasteiger charge is 2.16. The van der Waals surface area contributed by atoms with Crippen molar-refractivity contribution in [2.45, 2.75) is 26.2 Å². The lowest BCUT2D eigenvalue weighted by molar-refractivity contribution is 0.0846. The van der Waals surface area contributed by atoms with Crippen LogP contribution in [0.2, 0.25) is 5.02 Å². The fourth-order valence-electron chi connectivity index (χ4n) is 2.73. The van der Waals surface area contributed by atoms with E-state index in [2.05, 4.69) is 36.6 Å². The van der Waals surface area contributed by atoms with Crippen LogP contribution in [0.15, 0.2) is 53.5 Å². The van der Waals surface area contributed by atoms with Gasteiger partial charge in [-0.1, -0.05) is 44.5 Å². The molecule has 2 amide bonds. The van der Waals surface area contributed by atoms with Crippen molar-refractivity contribution in [3.8, 4) is 0 Å². The minimum Gasteiger partial charge on any atom is -0.360 e. The van der Waals surface area contributed by atoms with E-state index in [4.69, 9.17) is 11.6 Å². The van der Waals surface area contributed by atoms with Crippen LogP contribution in [-0.4, -0.2) is 16.8 Å². The van der Waals surface area contributed by atoms with Crippen LogP contribution in [0.5, 0.6) is 0 Å². The number of amides is 2. The summed E-state index contributed by atoms with van der Waals surface area (Å²) in [6, 6.07) is 11.9. The maximum absolute atomic E-state index is 12.5. The molecule has 1 heterocycles. The number of rotatable bonds is 2. The molecule has 0 aliphatic heterocycles. The Morgan fingerprint density at radius 1 is 0.964 bits per heavy atom. The largest absolute Gasteiger partial charge is 0.360 e. The molecule has 3 rings (SSSR count). The van der Waals surface area contributed by atoms with Crippen molar-refractivity contribution in [3.63, 3.8) is 0 Å². The molecule has 0 aliphatic carbocycles. The van der Waals surface area contributed by atoms with Crippen molar-refractivity contribution in [1.29, 1.82) is 0 Å². The molecule has 3 N–H and O–H groups in total. The van der Waals surface area contributed by atoms with Crippen molar-refractivity contribution in [2.24, 2.45) is 0 Å². The predicted octanol–water partition coefficient (Wildman–Crippen LogP) is 3.55. The third-order valence-electron chi connectivity index (χ3n) is 4.39. The van der Waals surface area contributed by atoms with Crippen molar-refractivity contribution in [2.75, 3.05) is 0 Å². The maximum atomic E-state index is 12.5. The van der Waals surface area contributed by atoms with E-state index >= 15 is 0 Å². The summed E-state index contributed by atoms with van der Waals surface area (Å²) in [6.07, 6.45) is 1.30. The predicted molar refractivity (Wildman–Crippen MR) is 110 cm³/mol. The summed E-state index contributed by atoms with van der Waals surface area (Å²) in [5, 5.41) is 0.687. The Balaban J connectivity index is 1.73. The first-order valence-corrected chi connectivity index (χ1v) is 9.07. The lowest BCUT2D eigenvalue weighted by atomic mass is 9.87. The van der Waals surface area contributed by atoms with Crippen LogP contribution in [-0.2, 0) is 5.41 Å². The van der Waals surface area contributed by atoms with Gasteiger partial charge in [0.05, 0.1) is 0 Å². The molecule has 144 valence electrons. The Labute approximate surface area is 166 Å². The summed E-state index contributed by atoms with van der Waals surface area (Å²) in [6.45, 7) is 6.24. The van der Waals surface area contributed by atoms with Gasteiger partial charge in [-0.2, -0.15) is 0 Å². The number of halogens is 1. The molecule has 0 saturated heterocycles. The van der Waals surface area contributed by atoms with Gasteiger partial charge in [0.15, 0.2) is 0 Å². The zero-order chi connectivity index (χ0) is 20.5. The normalized spacial score (nSPS) is 11.3. The van der Waals surface area contributed by atoms with E-state index in [0.29, 0.717) is 21.5 Å². The molecule has 3 aromatic rings. The van der Waals surface area contributed by atoms with Gasteiger partial charge in [-0.3, -0.25) is 25.2 Å². The summed E-state index contributed by atoms with van der Waals surface area (Å²) >= 11 is 5.92. The van der Waals surface area contributed by atoms with E-state index in [1.165, 1.54) is 12.3 Å². The molecule has 2 aromatic carbocycles. The van der Waals surface area contributed by atoms with E-state index in [1.54, 1.807) is 24.3 Å². The van der Waals surface area contributed by atoms with E-state index in [9.17, 15) is 14.4 Å². The highest BCUT2D eigenvalue weighted by atomic mass is 35.5. The smallest absolute Gasteiger partial charge is 0.275 e. The van der Waals surface area contributed by atoms with Crippen LogP contribution in [0.3, 0.4) is 0 Å². The first-order valence-electron chi connectivity index (χ1n) is 8.69. The van der Waals surface area contributed by atoms with Crippen LogP contribution < -0.4 is 16.3 Å². The lowest BCUT2D eigenvalue weighted by Crippen LogP contribution is -2.43. The van der Waals surface area contributed by atoms with E-state index in [-0.39, 0.29) is 11.0 Å². The monoisotopic (exact) mass is 397 g/mol. The van der Waals surface area contributed by atoms with Gasteiger partial charge in [0.25, 0.3) is 11.8 Å². The number of carbonyl (C=O) groups is 2. The third kappa shape index (κ3) is 4.07. The average Bonchev–Trinajstić information content (AvgIpc) is 2.66. The number of H-pyrrole nitrogens is 1. The summed E-state index contributed by atoms with van der Waals surface area (Å²) < 4.78 is 0. The number of nitrogens with one attached hydrogen (secondary N) is 3. The molecule has 1 aromatic heterocycles. The van der Waals surface area contributed by atoms with Gasteiger partial charge in [0, 0.05) is 27.7 Å². The van der Waals surface area contributed by atoms with Crippen molar-refractivity contribution >= 4 is 34.3 Å². The number of hydrogen-bond donors (Lipinski definition) is 3. The Morgan fingerprint density at radius 2 is 1.61 bits per heavy atom. The summed E-state index contributed by atoms with van der Waals surface area (Å²) in [4.78, 5) is 40.0. The van der Waals surface area contributed by atoms with Crippen LogP contribution in [0.25, 0.3) is 10.9 Å². The van der Waals surface area contributed by atoms with Crippen LogP contribution >= 0.6 is 11.6 Å². The van der Waals surface area contributed by atoms with Gasteiger partial charge >= 0.3 is 0 Å². The van der Waals surface area contributed by atoms with Gasteiger partial charge in [-0.15, -0.1) is 0 Å². The second-order valence-corrected chi connectivity index (χ2v) is 7.89. The van der Waals surface area contributed by atoms with E-state index in [1.807, 2.05) is 12.1 Å².